The first-order valence-electron chi connectivity index (χ1n) is 4.81. The Morgan fingerprint density at radius 2 is 1.71 bits per heavy atom. The van der Waals surface area contributed by atoms with E-state index < -0.39 is 14.7 Å². The van der Waals surface area contributed by atoms with E-state index in [1.54, 1.807) is 16.7 Å². The van der Waals surface area contributed by atoms with E-state index >= 15 is 0 Å². The van der Waals surface area contributed by atoms with Crippen LogP contribution in [0.2, 0.25) is 0 Å². The molecular formula is C10H14Cl3Ti. The van der Waals surface area contributed by atoms with Crippen LogP contribution in [0, 0.1) is 0 Å². The molecule has 0 heterocycles. The van der Waals surface area contributed by atoms with Crippen LogP contribution < -0.4 is 0 Å². The van der Waals surface area contributed by atoms with Gasteiger partial charge in [-0.3, -0.25) is 0 Å². The first-order chi connectivity index (χ1) is 6.59. The average Bonchev–Trinajstić information content (AvgIpc) is 2.42. The first kappa shape index (κ1) is 13.1. The predicted molar refractivity (Wildman–Crippen MR) is 61.4 cm³/mol. The Kier molecular flexibility index (Phi) is 6.19. The van der Waals surface area contributed by atoms with Gasteiger partial charge in [-0.1, -0.05) is 17.2 Å². The number of halogens is 3. The second kappa shape index (κ2) is 6.60. The van der Waals surface area contributed by atoms with Crippen molar-refractivity contribution >= 4 is 27.9 Å². The molecule has 0 unspecified atom stereocenters. The molecule has 0 radical (unpaired) electrons. The summed E-state index contributed by atoms with van der Waals surface area (Å²) in [4.78, 5) is 0. The van der Waals surface area contributed by atoms with Crippen molar-refractivity contribution in [3.8, 4) is 0 Å². The summed E-state index contributed by atoms with van der Waals surface area (Å²) >= 11 is -1.92. The molecule has 2 aliphatic rings. The van der Waals surface area contributed by atoms with Crippen LogP contribution in [0.4, 0.5) is 0 Å². The molecule has 0 aromatic carbocycles. The van der Waals surface area contributed by atoms with E-state index in [4.69, 9.17) is 27.9 Å². The minimum atomic E-state index is -1.92. The molecular weight excluding hydrogens is 274 g/mol. The van der Waals surface area contributed by atoms with Gasteiger partial charge in [0.05, 0.1) is 0 Å². The average molecular weight is 288 g/mol. The molecule has 4 heteroatoms. The Bertz CT molecular complexity index is 253. The van der Waals surface area contributed by atoms with Crippen LogP contribution in [-0.2, 0) is 14.7 Å². The summed E-state index contributed by atoms with van der Waals surface area (Å²) in [6, 6.07) is 0. The topological polar surface area (TPSA) is 0 Å². The fourth-order valence-electron chi connectivity index (χ4n) is 2.05. The molecule has 0 saturated carbocycles. The van der Waals surface area contributed by atoms with Gasteiger partial charge in [0.2, 0.25) is 0 Å². The third-order valence-corrected chi connectivity index (χ3v) is 2.54. The number of rotatable bonds is 0. The van der Waals surface area contributed by atoms with Crippen LogP contribution in [-0.4, -0.2) is 0 Å². The molecule has 0 N–H and O–H groups in total. The Labute approximate surface area is 104 Å². The number of hydrogen-bond acceptors (Lipinski definition) is 0. The quantitative estimate of drug-likeness (QED) is 0.532. The summed E-state index contributed by atoms with van der Waals surface area (Å²) in [5.41, 5.74) is 4.99. The summed E-state index contributed by atoms with van der Waals surface area (Å²) in [5, 5.41) is 0. The van der Waals surface area contributed by atoms with E-state index in [2.05, 4.69) is 13.0 Å². The molecule has 0 aliphatic heterocycles. The van der Waals surface area contributed by atoms with Gasteiger partial charge in [0.25, 0.3) is 0 Å². The third-order valence-electron chi connectivity index (χ3n) is 2.54. The summed E-state index contributed by atoms with van der Waals surface area (Å²) in [6.45, 7) is 2.25. The van der Waals surface area contributed by atoms with E-state index in [-0.39, 0.29) is 0 Å². The SMILES string of the molecule is CC1=CC2=C(CCCC2)C1.[Cl][Ti]([Cl])[Cl]. The zero-order valence-corrected chi connectivity index (χ0v) is 12.1. The molecule has 0 aromatic rings. The zero-order chi connectivity index (χ0) is 10.6. The standard InChI is InChI=1S/C10H14.3ClH.Ti/c1-8-6-9-4-2-3-5-10(9)7-8;;;;/h6H,2-5,7H2,1H3;3*1H;/q;;;;+3/p-3. The van der Waals surface area contributed by atoms with Crippen LogP contribution in [0.3, 0.4) is 0 Å². The summed E-state index contributed by atoms with van der Waals surface area (Å²) < 4.78 is 0. The summed E-state index contributed by atoms with van der Waals surface area (Å²) in [5.74, 6) is 0. The fourth-order valence-corrected chi connectivity index (χ4v) is 2.05. The molecule has 0 spiro atoms. The fraction of sp³-hybridized carbons (Fsp3) is 0.600. The summed E-state index contributed by atoms with van der Waals surface area (Å²) in [6.07, 6.45) is 9.27. The molecule has 0 amide bonds. The van der Waals surface area contributed by atoms with E-state index in [9.17, 15) is 0 Å². The van der Waals surface area contributed by atoms with Gasteiger partial charge in [-0.2, -0.15) is 0 Å². The second-order valence-electron chi connectivity index (χ2n) is 3.72. The molecule has 2 rings (SSSR count). The number of hydrogen-bond donors (Lipinski definition) is 0. The molecule has 0 aromatic heterocycles. The van der Waals surface area contributed by atoms with E-state index in [1.165, 1.54) is 32.1 Å². The summed E-state index contributed by atoms with van der Waals surface area (Å²) in [7, 11) is 14.9. The van der Waals surface area contributed by atoms with Crippen molar-refractivity contribution in [1.29, 1.82) is 0 Å². The zero-order valence-electron chi connectivity index (χ0n) is 8.25. The first-order valence-corrected chi connectivity index (χ1v) is 11.3. The Balaban J connectivity index is 0.000000213. The van der Waals surface area contributed by atoms with Crippen molar-refractivity contribution in [2.75, 3.05) is 0 Å². The molecule has 0 saturated heterocycles. The molecule has 14 heavy (non-hydrogen) atoms. The van der Waals surface area contributed by atoms with Gasteiger partial charge >= 0.3 is 42.6 Å². The van der Waals surface area contributed by atoms with Crippen molar-refractivity contribution < 1.29 is 14.7 Å². The Morgan fingerprint density at radius 3 is 2.29 bits per heavy atom. The van der Waals surface area contributed by atoms with Crippen molar-refractivity contribution in [1.82, 2.24) is 0 Å². The molecule has 0 atom stereocenters. The van der Waals surface area contributed by atoms with Crippen molar-refractivity contribution in [2.24, 2.45) is 0 Å². The molecule has 0 nitrogen and oxygen atoms in total. The molecule has 2 aliphatic carbocycles. The van der Waals surface area contributed by atoms with E-state index in [0.29, 0.717) is 0 Å². The van der Waals surface area contributed by atoms with Crippen LogP contribution in [0.25, 0.3) is 0 Å². The van der Waals surface area contributed by atoms with Crippen LogP contribution in [0.1, 0.15) is 39.0 Å². The van der Waals surface area contributed by atoms with Crippen LogP contribution in [0.15, 0.2) is 22.8 Å². The van der Waals surface area contributed by atoms with Crippen molar-refractivity contribution in [3.63, 3.8) is 0 Å². The van der Waals surface area contributed by atoms with Crippen molar-refractivity contribution in [3.05, 3.63) is 22.8 Å². The maximum atomic E-state index is 4.97. The maximum absolute atomic E-state index is 4.97. The van der Waals surface area contributed by atoms with Gasteiger partial charge in [0, 0.05) is 0 Å². The molecule has 0 fully saturated rings. The third kappa shape index (κ3) is 4.72. The van der Waals surface area contributed by atoms with E-state index in [0.717, 1.165) is 0 Å². The van der Waals surface area contributed by atoms with Crippen molar-refractivity contribution in [2.45, 2.75) is 39.0 Å². The second-order valence-corrected chi connectivity index (χ2v) is 11.5. The minimum absolute atomic E-state index is 1.29. The number of allylic oxidation sites excluding steroid dienone is 4. The van der Waals surface area contributed by atoms with Gasteiger partial charge < -0.3 is 0 Å². The Morgan fingerprint density at radius 1 is 1.14 bits per heavy atom. The molecule has 0 bridgehead atoms. The normalized spacial score (nSPS) is 19.6. The van der Waals surface area contributed by atoms with Gasteiger partial charge in [-0.15, -0.1) is 0 Å². The van der Waals surface area contributed by atoms with Gasteiger partial charge in [0.1, 0.15) is 0 Å². The monoisotopic (exact) mass is 287 g/mol. The van der Waals surface area contributed by atoms with E-state index in [1.807, 2.05) is 0 Å². The van der Waals surface area contributed by atoms with Crippen LogP contribution in [0.5, 0.6) is 0 Å². The molecule has 79 valence electrons. The van der Waals surface area contributed by atoms with Crippen LogP contribution >= 0.6 is 27.9 Å². The Hall–Kier alpha value is 1.06. The van der Waals surface area contributed by atoms with Gasteiger partial charge in [-0.05, 0) is 44.6 Å². The predicted octanol–water partition coefficient (Wildman–Crippen LogP) is 5.27. The van der Waals surface area contributed by atoms with Gasteiger partial charge in [-0.25, -0.2) is 0 Å². The van der Waals surface area contributed by atoms with Gasteiger partial charge in [0.15, 0.2) is 0 Å².